The van der Waals surface area contributed by atoms with Crippen molar-refractivity contribution in [3.05, 3.63) is 100 Å². The number of hydrogen-bond acceptors (Lipinski definition) is 3. The van der Waals surface area contributed by atoms with Gasteiger partial charge in [0.15, 0.2) is 0 Å². The van der Waals surface area contributed by atoms with Gasteiger partial charge in [-0.3, -0.25) is 0 Å². The van der Waals surface area contributed by atoms with Gasteiger partial charge in [-0.15, -0.1) is 0 Å². The molecule has 0 aromatic heterocycles. The van der Waals surface area contributed by atoms with E-state index in [4.69, 9.17) is 22.1 Å². The smallest absolute Gasteiger partial charge is 0.121 e. The Balaban J connectivity index is 1.86. The Labute approximate surface area is 170 Å². The zero-order valence-corrected chi connectivity index (χ0v) is 16.8. The molecular weight excluding hydrogens is 368 g/mol. The van der Waals surface area contributed by atoms with Gasteiger partial charge in [0.25, 0.3) is 0 Å². The third kappa shape index (κ3) is 3.23. The lowest BCUT2D eigenvalue weighted by Crippen LogP contribution is -2.31. The highest BCUT2D eigenvalue weighted by Gasteiger charge is 2.36. The Kier molecular flexibility index (Phi) is 4.78. The maximum absolute atomic E-state index is 6.20. The van der Waals surface area contributed by atoms with Crippen molar-refractivity contribution in [1.29, 1.82) is 0 Å². The molecule has 28 heavy (non-hydrogen) atoms. The first kappa shape index (κ1) is 18.5. The van der Waals surface area contributed by atoms with Crippen LogP contribution < -0.4 is 15.8 Å². The molecule has 4 rings (SSSR count). The van der Waals surface area contributed by atoms with Crippen LogP contribution in [0, 0.1) is 6.92 Å². The molecule has 0 spiro atoms. The summed E-state index contributed by atoms with van der Waals surface area (Å²) in [6.45, 7) is 2.78. The molecule has 1 unspecified atom stereocenters. The van der Waals surface area contributed by atoms with E-state index < -0.39 is 0 Å². The van der Waals surface area contributed by atoms with E-state index in [9.17, 15) is 0 Å². The number of ether oxygens (including phenoxy) is 1. The van der Waals surface area contributed by atoms with Gasteiger partial charge in [-0.05, 0) is 65.1 Å². The van der Waals surface area contributed by atoms with Gasteiger partial charge >= 0.3 is 0 Å². The van der Waals surface area contributed by atoms with Crippen LogP contribution in [0.25, 0.3) is 11.1 Å². The molecule has 142 valence electrons. The van der Waals surface area contributed by atoms with Gasteiger partial charge < -0.3 is 15.8 Å². The number of aryl methyl sites for hydroxylation is 1. The number of rotatable bonds is 4. The lowest BCUT2D eigenvalue weighted by Gasteiger charge is -2.29. The fourth-order valence-electron chi connectivity index (χ4n) is 3.95. The quantitative estimate of drug-likeness (QED) is 0.658. The third-order valence-electron chi connectivity index (χ3n) is 5.42. The molecule has 3 nitrogen and oxygen atoms in total. The molecular formula is C24H23ClN2O. The summed E-state index contributed by atoms with van der Waals surface area (Å²) in [5.41, 5.74) is 11.5. The zero-order valence-electron chi connectivity index (χ0n) is 16.0. The van der Waals surface area contributed by atoms with Crippen LogP contribution in [-0.2, 0) is 5.41 Å². The van der Waals surface area contributed by atoms with Crippen molar-refractivity contribution in [2.45, 2.75) is 12.3 Å². The summed E-state index contributed by atoms with van der Waals surface area (Å²) in [6, 6.07) is 22.8. The van der Waals surface area contributed by atoms with Crippen molar-refractivity contribution in [1.82, 2.24) is 5.32 Å². The number of halogens is 1. The highest BCUT2D eigenvalue weighted by molar-refractivity contribution is 6.30. The van der Waals surface area contributed by atoms with Gasteiger partial charge in [0, 0.05) is 11.6 Å². The first-order chi connectivity index (χ1) is 13.5. The number of benzene rings is 3. The van der Waals surface area contributed by atoms with Crippen LogP contribution in [0.1, 0.15) is 16.7 Å². The fraction of sp³-hybridized carbons (Fsp3) is 0.167. The van der Waals surface area contributed by atoms with E-state index in [1.54, 1.807) is 7.11 Å². The maximum Gasteiger partial charge on any atom is 0.121 e. The summed E-state index contributed by atoms with van der Waals surface area (Å²) in [4.78, 5) is 0. The molecule has 3 aromatic carbocycles. The summed E-state index contributed by atoms with van der Waals surface area (Å²) in [5, 5.41) is 4.04. The molecule has 0 saturated heterocycles. The molecule has 1 heterocycles. The van der Waals surface area contributed by atoms with Crippen LogP contribution in [-0.4, -0.2) is 13.7 Å². The fourth-order valence-corrected chi connectivity index (χ4v) is 4.14. The highest BCUT2D eigenvalue weighted by Crippen LogP contribution is 2.39. The normalized spacial score (nSPS) is 18.5. The molecule has 0 radical (unpaired) electrons. The first-order valence-corrected chi connectivity index (χ1v) is 9.63. The minimum Gasteiger partial charge on any atom is -0.496 e. The van der Waals surface area contributed by atoms with Crippen LogP contribution in [0.3, 0.4) is 0 Å². The second-order valence-corrected chi connectivity index (χ2v) is 7.64. The Bertz CT molecular complexity index is 1060. The average Bonchev–Trinajstić information content (AvgIpc) is 3.11. The highest BCUT2D eigenvalue weighted by atomic mass is 35.5. The van der Waals surface area contributed by atoms with Crippen LogP contribution in [0.2, 0.25) is 5.02 Å². The lowest BCUT2D eigenvalue weighted by atomic mass is 9.74. The molecule has 0 aliphatic carbocycles. The minimum atomic E-state index is -0.338. The zero-order chi connectivity index (χ0) is 19.7. The summed E-state index contributed by atoms with van der Waals surface area (Å²) >= 11 is 6.20. The third-order valence-corrected chi connectivity index (χ3v) is 5.65. The van der Waals surface area contributed by atoms with E-state index in [2.05, 4.69) is 60.8 Å². The lowest BCUT2D eigenvalue weighted by molar-refractivity contribution is 0.411. The first-order valence-electron chi connectivity index (χ1n) is 9.26. The number of nitrogens with one attached hydrogen (secondary N) is 1. The predicted octanol–water partition coefficient (Wildman–Crippen LogP) is 5.01. The second kappa shape index (κ2) is 7.25. The number of nitrogens with two attached hydrogens (primary N) is 1. The van der Waals surface area contributed by atoms with Crippen molar-refractivity contribution < 1.29 is 4.74 Å². The molecule has 0 fully saturated rings. The molecule has 4 heteroatoms. The van der Waals surface area contributed by atoms with Crippen LogP contribution >= 0.6 is 11.6 Å². The van der Waals surface area contributed by atoms with E-state index in [1.165, 1.54) is 11.1 Å². The predicted molar refractivity (Wildman–Crippen MR) is 116 cm³/mol. The number of hydrogen-bond donors (Lipinski definition) is 2. The summed E-state index contributed by atoms with van der Waals surface area (Å²) in [7, 11) is 1.70. The van der Waals surface area contributed by atoms with Crippen molar-refractivity contribution >= 4 is 11.6 Å². The van der Waals surface area contributed by atoms with Gasteiger partial charge in [0.05, 0.1) is 18.3 Å². The molecule has 0 bridgehead atoms. The topological polar surface area (TPSA) is 47.3 Å². The summed E-state index contributed by atoms with van der Waals surface area (Å²) in [5.74, 6) is 1.58. The largest absolute Gasteiger partial charge is 0.496 e. The average molecular weight is 391 g/mol. The molecule has 3 N–H and O–H groups in total. The van der Waals surface area contributed by atoms with Crippen LogP contribution in [0.15, 0.2) is 78.6 Å². The summed E-state index contributed by atoms with van der Waals surface area (Å²) in [6.07, 6.45) is 2.12. The van der Waals surface area contributed by atoms with Gasteiger partial charge in [-0.1, -0.05) is 54.1 Å². The maximum atomic E-state index is 6.20. The van der Waals surface area contributed by atoms with Crippen molar-refractivity contribution in [3.63, 3.8) is 0 Å². The Morgan fingerprint density at radius 2 is 1.68 bits per heavy atom. The minimum absolute atomic E-state index is 0.338. The SMILES string of the molecule is COc1ccc(C2(c3cccc(-c4cccc(Cl)c4)c3)C=C(N)NC2)cc1C. The van der Waals surface area contributed by atoms with E-state index in [0.717, 1.165) is 27.5 Å². The molecule has 3 aromatic rings. The molecule has 0 saturated carbocycles. The molecule has 1 aliphatic rings. The Morgan fingerprint density at radius 1 is 0.964 bits per heavy atom. The van der Waals surface area contributed by atoms with Crippen molar-refractivity contribution in [3.8, 4) is 16.9 Å². The van der Waals surface area contributed by atoms with Gasteiger partial charge in [-0.2, -0.15) is 0 Å². The second-order valence-electron chi connectivity index (χ2n) is 7.20. The van der Waals surface area contributed by atoms with Crippen LogP contribution in [0.5, 0.6) is 5.75 Å². The van der Waals surface area contributed by atoms with E-state index >= 15 is 0 Å². The monoisotopic (exact) mass is 390 g/mol. The van der Waals surface area contributed by atoms with Gasteiger partial charge in [0.2, 0.25) is 0 Å². The standard InChI is InChI=1S/C24H23ClN2O/c1-16-11-20(9-10-22(16)28-2)24(14-23(26)27-15-24)19-7-3-5-17(12-19)18-6-4-8-21(25)13-18/h3-14,27H,15,26H2,1-2H3. The Hall–Kier alpha value is -2.91. The molecule has 1 aliphatic heterocycles. The van der Waals surface area contributed by atoms with Gasteiger partial charge in [0.1, 0.15) is 5.75 Å². The van der Waals surface area contributed by atoms with Crippen molar-refractivity contribution in [2.75, 3.05) is 13.7 Å². The van der Waals surface area contributed by atoms with Crippen molar-refractivity contribution in [2.24, 2.45) is 5.73 Å². The van der Waals surface area contributed by atoms with E-state index in [-0.39, 0.29) is 5.41 Å². The van der Waals surface area contributed by atoms with Crippen LogP contribution in [0.4, 0.5) is 0 Å². The number of methoxy groups -OCH3 is 1. The molecule has 0 amide bonds. The van der Waals surface area contributed by atoms with Gasteiger partial charge in [-0.25, -0.2) is 0 Å². The Morgan fingerprint density at radius 3 is 2.32 bits per heavy atom. The molecule has 1 atom stereocenters. The van der Waals surface area contributed by atoms with E-state index in [1.807, 2.05) is 24.3 Å². The van der Waals surface area contributed by atoms with E-state index in [0.29, 0.717) is 12.4 Å². The summed E-state index contributed by atoms with van der Waals surface area (Å²) < 4.78 is 5.44.